The molecule has 144 valence electrons. The Kier molecular flexibility index (Phi) is 5.74. The summed E-state index contributed by atoms with van der Waals surface area (Å²) in [6.07, 6.45) is -0.283. The molecule has 0 aromatic heterocycles. The fourth-order valence-electron chi connectivity index (χ4n) is 3.46. The number of allylic oxidation sites excluding steroid dienone is 1. The Hall–Kier alpha value is -3.20. The fourth-order valence-corrected chi connectivity index (χ4v) is 3.46. The van der Waals surface area contributed by atoms with Crippen LogP contribution in [0, 0.1) is 6.92 Å². The summed E-state index contributed by atoms with van der Waals surface area (Å²) in [5, 5.41) is 19.9. The van der Waals surface area contributed by atoms with E-state index in [4.69, 9.17) is 4.74 Å². The van der Waals surface area contributed by atoms with E-state index in [2.05, 4.69) is 31.2 Å². The first kappa shape index (κ1) is 19.6. The van der Waals surface area contributed by atoms with Crippen LogP contribution in [0.1, 0.15) is 49.1 Å². The molecule has 1 aliphatic rings. The average Bonchev–Trinajstić information content (AvgIpc) is 2.70. The largest absolute Gasteiger partial charge is 0.508 e. The minimum absolute atomic E-state index is 0.204. The van der Waals surface area contributed by atoms with Gasteiger partial charge in [-0.05, 0) is 60.9 Å². The van der Waals surface area contributed by atoms with Gasteiger partial charge in [0.05, 0.1) is 0 Å². The Balaban J connectivity index is 0.00000109. The topological polar surface area (TPSA) is 49.7 Å². The second-order valence-corrected chi connectivity index (χ2v) is 6.68. The van der Waals surface area contributed by atoms with Crippen LogP contribution in [0.3, 0.4) is 0 Å². The number of phenols is 2. The van der Waals surface area contributed by atoms with Crippen LogP contribution in [0.5, 0.6) is 17.2 Å². The lowest BCUT2D eigenvalue weighted by atomic mass is 9.86. The lowest BCUT2D eigenvalue weighted by Crippen LogP contribution is -2.16. The van der Waals surface area contributed by atoms with Crippen molar-refractivity contribution in [2.24, 2.45) is 0 Å². The van der Waals surface area contributed by atoms with E-state index in [0.29, 0.717) is 0 Å². The van der Waals surface area contributed by atoms with E-state index in [1.807, 2.05) is 32.9 Å². The predicted octanol–water partition coefficient (Wildman–Crippen LogP) is 6.50. The van der Waals surface area contributed by atoms with Crippen LogP contribution in [-0.4, -0.2) is 10.2 Å². The van der Waals surface area contributed by atoms with Crippen molar-refractivity contribution in [3.63, 3.8) is 0 Å². The summed E-state index contributed by atoms with van der Waals surface area (Å²) in [5.41, 5.74) is 6.02. The van der Waals surface area contributed by atoms with Crippen molar-refractivity contribution in [2.75, 3.05) is 0 Å². The summed E-state index contributed by atoms with van der Waals surface area (Å²) < 4.78 is 6.34. The van der Waals surface area contributed by atoms with E-state index in [1.54, 1.807) is 30.3 Å². The van der Waals surface area contributed by atoms with Crippen molar-refractivity contribution in [1.82, 2.24) is 0 Å². The van der Waals surface area contributed by atoms with Gasteiger partial charge in [-0.25, -0.2) is 0 Å². The molecule has 1 heterocycles. The molecule has 1 unspecified atom stereocenters. The zero-order valence-corrected chi connectivity index (χ0v) is 16.7. The normalized spacial score (nSPS) is 15.2. The monoisotopic (exact) mass is 374 g/mol. The minimum atomic E-state index is -0.283. The highest BCUT2D eigenvalue weighted by Crippen LogP contribution is 2.47. The summed E-state index contributed by atoms with van der Waals surface area (Å²) in [4.78, 5) is 0. The quantitative estimate of drug-likeness (QED) is 0.538. The second-order valence-electron chi connectivity index (χ2n) is 6.68. The lowest BCUT2D eigenvalue weighted by Gasteiger charge is -2.31. The maximum atomic E-state index is 9.96. The molecule has 28 heavy (non-hydrogen) atoms. The Morgan fingerprint density at radius 1 is 0.786 bits per heavy atom. The van der Waals surface area contributed by atoms with E-state index in [-0.39, 0.29) is 17.6 Å². The molecule has 3 nitrogen and oxygen atoms in total. The van der Waals surface area contributed by atoms with Crippen molar-refractivity contribution < 1.29 is 14.9 Å². The van der Waals surface area contributed by atoms with Gasteiger partial charge in [0.25, 0.3) is 0 Å². The lowest BCUT2D eigenvalue weighted by molar-refractivity contribution is 0.259. The first-order valence-electron chi connectivity index (χ1n) is 9.60. The van der Waals surface area contributed by atoms with Crippen molar-refractivity contribution in [1.29, 1.82) is 0 Å². The molecule has 0 bridgehead atoms. The van der Waals surface area contributed by atoms with Crippen LogP contribution in [0.2, 0.25) is 0 Å². The molecular weight excluding hydrogens is 348 g/mol. The SMILES string of the molecule is CC.CC1=C(c2cccc(O)c2)C(c2ccc(C)cc2)Oc2ccc(O)cc21. The third kappa shape index (κ3) is 3.74. The number of ether oxygens (including phenoxy) is 1. The highest BCUT2D eigenvalue weighted by molar-refractivity contribution is 5.95. The van der Waals surface area contributed by atoms with Crippen LogP contribution >= 0.6 is 0 Å². The van der Waals surface area contributed by atoms with Crippen molar-refractivity contribution >= 4 is 11.1 Å². The number of aryl methyl sites for hydroxylation is 1. The zero-order chi connectivity index (χ0) is 20.3. The molecule has 0 radical (unpaired) electrons. The number of hydrogen-bond acceptors (Lipinski definition) is 3. The standard InChI is InChI=1S/C23H20O3.C2H6/c1-14-6-8-16(9-7-14)23-22(17-4-3-5-18(24)12-17)15(2)20-13-19(25)10-11-21(20)26-23;1-2/h3-13,23-25H,1-2H3;1-2H3. The Morgan fingerprint density at radius 3 is 2.14 bits per heavy atom. The number of fused-ring (bicyclic) bond motifs is 1. The predicted molar refractivity (Wildman–Crippen MR) is 115 cm³/mol. The number of phenolic OH excluding ortho intramolecular Hbond substituents is 2. The molecule has 0 saturated carbocycles. The van der Waals surface area contributed by atoms with Gasteiger partial charge in [0, 0.05) is 11.1 Å². The molecule has 0 saturated heterocycles. The molecule has 2 N–H and O–H groups in total. The van der Waals surface area contributed by atoms with E-state index in [9.17, 15) is 10.2 Å². The van der Waals surface area contributed by atoms with Gasteiger partial charge in [-0.15, -0.1) is 0 Å². The Bertz CT molecular complexity index is 1000. The molecule has 0 amide bonds. The van der Waals surface area contributed by atoms with Crippen molar-refractivity contribution in [3.05, 3.63) is 89.0 Å². The number of hydrogen-bond donors (Lipinski definition) is 2. The van der Waals surface area contributed by atoms with Gasteiger partial charge in [0.1, 0.15) is 23.4 Å². The maximum absolute atomic E-state index is 9.96. The van der Waals surface area contributed by atoms with Gasteiger partial charge in [-0.1, -0.05) is 55.8 Å². The Morgan fingerprint density at radius 2 is 1.46 bits per heavy atom. The van der Waals surface area contributed by atoms with Crippen LogP contribution < -0.4 is 4.74 Å². The van der Waals surface area contributed by atoms with Gasteiger partial charge in [0.2, 0.25) is 0 Å². The molecule has 0 fully saturated rings. The van der Waals surface area contributed by atoms with Gasteiger partial charge >= 0.3 is 0 Å². The molecule has 0 aliphatic carbocycles. The van der Waals surface area contributed by atoms with Crippen LogP contribution in [0.25, 0.3) is 11.1 Å². The van der Waals surface area contributed by atoms with Gasteiger partial charge in [0.15, 0.2) is 0 Å². The molecule has 1 aliphatic heterocycles. The molecular formula is C25H26O3. The van der Waals surface area contributed by atoms with E-state index >= 15 is 0 Å². The zero-order valence-electron chi connectivity index (χ0n) is 16.7. The van der Waals surface area contributed by atoms with Gasteiger partial charge in [-0.2, -0.15) is 0 Å². The molecule has 3 heteroatoms. The first-order chi connectivity index (χ1) is 13.5. The van der Waals surface area contributed by atoms with Gasteiger partial charge < -0.3 is 14.9 Å². The highest BCUT2D eigenvalue weighted by atomic mass is 16.5. The maximum Gasteiger partial charge on any atom is 0.150 e. The minimum Gasteiger partial charge on any atom is -0.508 e. The molecule has 0 spiro atoms. The first-order valence-corrected chi connectivity index (χ1v) is 9.60. The van der Waals surface area contributed by atoms with Crippen molar-refractivity contribution in [3.8, 4) is 17.2 Å². The number of aromatic hydroxyl groups is 2. The highest BCUT2D eigenvalue weighted by Gasteiger charge is 2.29. The number of rotatable bonds is 2. The smallest absolute Gasteiger partial charge is 0.150 e. The molecule has 3 aromatic carbocycles. The summed E-state index contributed by atoms with van der Waals surface area (Å²) in [7, 11) is 0. The third-order valence-electron chi connectivity index (χ3n) is 4.82. The summed E-state index contributed by atoms with van der Waals surface area (Å²) in [6, 6.07) is 20.6. The van der Waals surface area contributed by atoms with Gasteiger partial charge in [-0.3, -0.25) is 0 Å². The van der Waals surface area contributed by atoms with Crippen LogP contribution in [0.15, 0.2) is 66.7 Å². The molecule has 1 atom stereocenters. The van der Waals surface area contributed by atoms with E-state index in [0.717, 1.165) is 33.6 Å². The van der Waals surface area contributed by atoms with Crippen LogP contribution in [-0.2, 0) is 0 Å². The molecule has 4 rings (SSSR count). The average molecular weight is 374 g/mol. The summed E-state index contributed by atoms with van der Waals surface area (Å²) in [5.74, 6) is 1.16. The summed E-state index contributed by atoms with van der Waals surface area (Å²) in [6.45, 7) is 8.09. The van der Waals surface area contributed by atoms with Crippen LogP contribution in [0.4, 0.5) is 0 Å². The third-order valence-corrected chi connectivity index (χ3v) is 4.82. The molecule has 3 aromatic rings. The summed E-state index contributed by atoms with van der Waals surface area (Å²) >= 11 is 0. The van der Waals surface area contributed by atoms with Crippen molar-refractivity contribution in [2.45, 2.75) is 33.8 Å². The van der Waals surface area contributed by atoms with E-state index < -0.39 is 0 Å². The fraction of sp³-hybridized carbons (Fsp3) is 0.200. The van der Waals surface area contributed by atoms with E-state index in [1.165, 1.54) is 5.56 Å². The number of benzene rings is 3. The Labute approximate surface area is 166 Å². The second kappa shape index (κ2) is 8.22.